The van der Waals surface area contributed by atoms with Crippen LogP contribution in [0.2, 0.25) is 0 Å². The molecule has 1 aliphatic heterocycles. The van der Waals surface area contributed by atoms with Gasteiger partial charge in [-0.2, -0.15) is 5.10 Å². The van der Waals surface area contributed by atoms with E-state index in [0.717, 1.165) is 37.1 Å². The highest BCUT2D eigenvalue weighted by Crippen LogP contribution is 2.24. The van der Waals surface area contributed by atoms with Crippen LogP contribution in [-0.4, -0.2) is 40.7 Å². The van der Waals surface area contributed by atoms with Gasteiger partial charge in [0.15, 0.2) is 0 Å². The number of aromatic nitrogens is 2. The van der Waals surface area contributed by atoms with Crippen LogP contribution in [0.3, 0.4) is 0 Å². The Balaban J connectivity index is 1.61. The summed E-state index contributed by atoms with van der Waals surface area (Å²) in [7, 11) is 3.64. The van der Waals surface area contributed by atoms with Gasteiger partial charge in [0.25, 0.3) is 0 Å². The second-order valence-electron chi connectivity index (χ2n) is 6.44. The Morgan fingerprint density at radius 1 is 1.42 bits per heavy atom. The number of benzene rings is 1. The lowest BCUT2D eigenvalue weighted by molar-refractivity contribution is -0.132. The van der Waals surface area contributed by atoms with Crippen LogP contribution >= 0.6 is 0 Å². The molecule has 6 heteroatoms. The highest BCUT2D eigenvalue weighted by atomic mass is 19.1. The number of carbonyl (C=O) groups excluding carboxylic acids is 1. The number of amides is 1. The number of nitrogens with zero attached hydrogens (tertiary/aromatic N) is 3. The molecule has 3 rings (SSSR count). The fourth-order valence-electron chi connectivity index (χ4n) is 3.36. The van der Waals surface area contributed by atoms with Gasteiger partial charge in [0.1, 0.15) is 11.9 Å². The summed E-state index contributed by atoms with van der Waals surface area (Å²) >= 11 is 0. The molecule has 1 saturated heterocycles. The van der Waals surface area contributed by atoms with Crippen LogP contribution in [0.15, 0.2) is 36.7 Å². The van der Waals surface area contributed by atoms with Crippen molar-refractivity contribution in [3.63, 3.8) is 0 Å². The second-order valence-corrected chi connectivity index (χ2v) is 6.44. The molecule has 2 atom stereocenters. The minimum Gasteiger partial charge on any atom is -0.341 e. The first-order valence-electron chi connectivity index (χ1n) is 8.26. The number of nitrogens with one attached hydrogen (secondary N) is 1. The second kappa shape index (κ2) is 7.13. The lowest BCUT2D eigenvalue weighted by atomic mass is 9.99. The molecule has 2 heterocycles. The van der Waals surface area contributed by atoms with Crippen LogP contribution in [0.5, 0.6) is 0 Å². The van der Waals surface area contributed by atoms with E-state index in [4.69, 9.17) is 0 Å². The molecular formula is C18H23FN4O. The van der Waals surface area contributed by atoms with Crippen molar-refractivity contribution in [1.82, 2.24) is 20.0 Å². The number of aryl methyl sites for hydroxylation is 1. The number of halogens is 1. The molecule has 1 aromatic heterocycles. The van der Waals surface area contributed by atoms with Crippen molar-refractivity contribution >= 4 is 5.91 Å². The zero-order valence-corrected chi connectivity index (χ0v) is 14.1. The summed E-state index contributed by atoms with van der Waals surface area (Å²) in [4.78, 5) is 14.7. The van der Waals surface area contributed by atoms with E-state index >= 15 is 0 Å². The molecule has 1 aromatic carbocycles. The molecule has 0 aliphatic carbocycles. The third-order valence-corrected chi connectivity index (χ3v) is 4.63. The van der Waals surface area contributed by atoms with Gasteiger partial charge in [0.2, 0.25) is 5.91 Å². The average molecular weight is 330 g/mol. The molecule has 0 bridgehead atoms. The molecule has 1 aliphatic rings. The van der Waals surface area contributed by atoms with Gasteiger partial charge in [-0.3, -0.25) is 9.48 Å². The molecule has 24 heavy (non-hydrogen) atoms. The highest BCUT2D eigenvalue weighted by Gasteiger charge is 2.31. The SMILES string of the molecule is CNC(C(=O)N1CCC(Cc2ccc(F)cc2)C1)c1cnn(C)c1. The van der Waals surface area contributed by atoms with E-state index in [-0.39, 0.29) is 17.8 Å². The first-order chi connectivity index (χ1) is 11.6. The molecule has 0 saturated carbocycles. The Hall–Kier alpha value is -2.21. The van der Waals surface area contributed by atoms with Crippen molar-refractivity contribution in [3.8, 4) is 0 Å². The molecule has 0 spiro atoms. The van der Waals surface area contributed by atoms with Crippen LogP contribution in [0, 0.1) is 11.7 Å². The van der Waals surface area contributed by atoms with Gasteiger partial charge in [0.05, 0.1) is 6.20 Å². The average Bonchev–Trinajstić information content (AvgIpc) is 3.20. The first kappa shape index (κ1) is 16.6. The summed E-state index contributed by atoms with van der Waals surface area (Å²) in [5.41, 5.74) is 2.00. The zero-order chi connectivity index (χ0) is 17.1. The maximum Gasteiger partial charge on any atom is 0.244 e. The van der Waals surface area contributed by atoms with Gasteiger partial charge in [-0.15, -0.1) is 0 Å². The Labute approximate surface area is 141 Å². The minimum atomic E-state index is -0.358. The van der Waals surface area contributed by atoms with Crippen LogP contribution in [0.25, 0.3) is 0 Å². The maximum atomic E-state index is 13.0. The summed E-state index contributed by atoms with van der Waals surface area (Å²) in [5.74, 6) is 0.299. The van der Waals surface area contributed by atoms with Crippen LogP contribution in [-0.2, 0) is 18.3 Å². The standard InChI is InChI=1S/C18H23FN4O/c1-20-17(15-10-21-22(2)12-15)18(24)23-8-7-14(11-23)9-13-3-5-16(19)6-4-13/h3-6,10,12,14,17,20H,7-9,11H2,1-2H3. The number of rotatable bonds is 5. The predicted octanol–water partition coefficient (Wildman–Crippen LogP) is 1.91. The van der Waals surface area contributed by atoms with Crippen molar-refractivity contribution in [2.75, 3.05) is 20.1 Å². The Morgan fingerprint density at radius 2 is 2.17 bits per heavy atom. The first-order valence-corrected chi connectivity index (χ1v) is 8.26. The monoisotopic (exact) mass is 330 g/mol. The lowest BCUT2D eigenvalue weighted by Gasteiger charge is -2.22. The number of likely N-dealkylation sites (N-methyl/N-ethyl adjacent to an activating group) is 1. The number of likely N-dealkylation sites (tertiary alicyclic amines) is 1. The van der Waals surface area contributed by atoms with E-state index in [1.165, 1.54) is 12.1 Å². The molecule has 1 amide bonds. The van der Waals surface area contributed by atoms with Gasteiger partial charge < -0.3 is 10.2 Å². The summed E-state index contributed by atoms with van der Waals surface area (Å²) in [6, 6.07) is 6.28. The van der Waals surface area contributed by atoms with Crippen molar-refractivity contribution in [2.24, 2.45) is 13.0 Å². The topological polar surface area (TPSA) is 50.2 Å². The molecule has 128 valence electrons. The Morgan fingerprint density at radius 3 is 2.79 bits per heavy atom. The minimum absolute atomic E-state index is 0.0899. The van der Waals surface area contributed by atoms with E-state index in [1.54, 1.807) is 17.9 Å². The molecule has 2 unspecified atom stereocenters. The number of hydrogen-bond donors (Lipinski definition) is 1. The van der Waals surface area contributed by atoms with Crippen LogP contribution in [0.4, 0.5) is 4.39 Å². The van der Waals surface area contributed by atoms with E-state index < -0.39 is 0 Å². The number of hydrogen-bond acceptors (Lipinski definition) is 3. The fourth-order valence-corrected chi connectivity index (χ4v) is 3.36. The summed E-state index contributed by atoms with van der Waals surface area (Å²) < 4.78 is 14.7. The third kappa shape index (κ3) is 3.64. The molecule has 2 aromatic rings. The maximum absolute atomic E-state index is 13.0. The van der Waals surface area contributed by atoms with E-state index in [2.05, 4.69) is 10.4 Å². The van der Waals surface area contributed by atoms with Gasteiger partial charge in [-0.05, 0) is 43.5 Å². The van der Waals surface area contributed by atoms with Gasteiger partial charge in [0, 0.05) is 31.9 Å². The molecule has 1 fully saturated rings. The molecule has 1 N–H and O–H groups in total. The summed E-state index contributed by atoms with van der Waals surface area (Å²) in [6.07, 6.45) is 5.45. The molecule has 0 radical (unpaired) electrons. The van der Waals surface area contributed by atoms with Crippen LogP contribution in [0.1, 0.15) is 23.6 Å². The van der Waals surface area contributed by atoms with E-state index in [9.17, 15) is 9.18 Å². The highest BCUT2D eigenvalue weighted by molar-refractivity contribution is 5.83. The van der Waals surface area contributed by atoms with Gasteiger partial charge >= 0.3 is 0 Å². The summed E-state index contributed by atoms with van der Waals surface area (Å²) in [6.45, 7) is 1.51. The quantitative estimate of drug-likeness (QED) is 0.911. The Bertz CT molecular complexity index is 697. The van der Waals surface area contributed by atoms with Gasteiger partial charge in [-0.25, -0.2) is 4.39 Å². The molecule has 5 nitrogen and oxygen atoms in total. The van der Waals surface area contributed by atoms with E-state index in [1.807, 2.05) is 30.3 Å². The smallest absolute Gasteiger partial charge is 0.244 e. The normalized spacial score (nSPS) is 18.8. The number of carbonyl (C=O) groups is 1. The van der Waals surface area contributed by atoms with Crippen molar-refractivity contribution in [2.45, 2.75) is 18.9 Å². The fraction of sp³-hybridized carbons (Fsp3) is 0.444. The van der Waals surface area contributed by atoms with Crippen molar-refractivity contribution in [1.29, 1.82) is 0 Å². The van der Waals surface area contributed by atoms with Crippen LogP contribution < -0.4 is 5.32 Å². The van der Waals surface area contributed by atoms with Crippen molar-refractivity contribution < 1.29 is 9.18 Å². The largest absolute Gasteiger partial charge is 0.341 e. The summed E-state index contributed by atoms with van der Waals surface area (Å²) in [5, 5.41) is 7.24. The van der Waals surface area contributed by atoms with Crippen molar-refractivity contribution in [3.05, 3.63) is 53.6 Å². The van der Waals surface area contributed by atoms with Gasteiger partial charge in [-0.1, -0.05) is 12.1 Å². The third-order valence-electron chi connectivity index (χ3n) is 4.63. The predicted molar refractivity (Wildman–Crippen MR) is 89.8 cm³/mol. The molecular weight excluding hydrogens is 307 g/mol. The lowest BCUT2D eigenvalue weighted by Crippen LogP contribution is -2.38. The zero-order valence-electron chi connectivity index (χ0n) is 14.1. The van der Waals surface area contributed by atoms with E-state index in [0.29, 0.717) is 5.92 Å². The Kier molecular flexibility index (Phi) is 4.94.